The summed E-state index contributed by atoms with van der Waals surface area (Å²) < 4.78 is 0.337. The van der Waals surface area contributed by atoms with Crippen LogP contribution in [0.3, 0.4) is 0 Å². The average Bonchev–Trinajstić information content (AvgIpc) is 2.28. The second-order valence-electron chi connectivity index (χ2n) is 3.72. The molecule has 1 rings (SSSR count). The summed E-state index contributed by atoms with van der Waals surface area (Å²) in [6.45, 7) is 13.5. The minimum atomic E-state index is 0.208. The molecule has 0 amide bonds. The van der Waals surface area contributed by atoms with Gasteiger partial charge in [-0.25, -0.2) is 6.57 Å². The van der Waals surface area contributed by atoms with Crippen LogP contribution >= 0.6 is 11.8 Å². The van der Waals surface area contributed by atoms with Crippen LogP contribution in [0.5, 0.6) is 0 Å². The molecule has 0 spiro atoms. The van der Waals surface area contributed by atoms with Crippen molar-refractivity contribution in [3.05, 3.63) is 11.4 Å². The van der Waals surface area contributed by atoms with Crippen LogP contribution in [0.1, 0.15) is 27.2 Å². The molecule has 0 aliphatic carbocycles. The zero-order chi connectivity index (χ0) is 8.48. The summed E-state index contributed by atoms with van der Waals surface area (Å²) in [7, 11) is 0. The van der Waals surface area contributed by atoms with E-state index in [9.17, 15) is 0 Å². The predicted octanol–water partition coefficient (Wildman–Crippen LogP) is 2.83. The molecule has 1 heterocycles. The van der Waals surface area contributed by atoms with Crippen molar-refractivity contribution >= 4 is 11.8 Å². The summed E-state index contributed by atoms with van der Waals surface area (Å²) >= 11 is 2.01. The van der Waals surface area contributed by atoms with Crippen molar-refractivity contribution in [3.63, 3.8) is 0 Å². The van der Waals surface area contributed by atoms with E-state index in [0.29, 0.717) is 10.7 Å². The Kier molecular flexibility index (Phi) is 2.49. The smallest absolute Gasteiger partial charge is 0.225 e. The first kappa shape index (κ1) is 8.93. The molecule has 2 atom stereocenters. The SMILES string of the molecule is [C-]#[N+]C(C)C1CCSC1(C)C. The first-order valence-corrected chi connectivity index (χ1v) is 5.07. The number of nitrogens with zero attached hydrogens (tertiary/aromatic N) is 1. The lowest BCUT2D eigenvalue weighted by Crippen LogP contribution is -2.29. The zero-order valence-corrected chi connectivity index (χ0v) is 8.24. The van der Waals surface area contributed by atoms with Crippen LogP contribution in [0, 0.1) is 12.5 Å². The van der Waals surface area contributed by atoms with Crippen molar-refractivity contribution in [2.24, 2.45) is 5.92 Å². The summed E-state index contributed by atoms with van der Waals surface area (Å²) in [4.78, 5) is 3.60. The molecule has 62 valence electrons. The van der Waals surface area contributed by atoms with Gasteiger partial charge in [-0.3, -0.25) is 0 Å². The summed E-state index contributed by atoms with van der Waals surface area (Å²) in [6, 6.07) is 0.208. The first-order chi connectivity index (χ1) is 5.08. The Labute approximate surface area is 73.4 Å². The number of rotatable bonds is 1. The third-order valence-electron chi connectivity index (χ3n) is 2.58. The molecule has 1 fully saturated rings. The molecular formula is C9H15NS. The normalized spacial score (nSPS) is 31.3. The number of thioether (sulfide) groups is 1. The van der Waals surface area contributed by atoms with E-state index in [1.807, 2.05) is 18.7 Å². The van der Waals surface area contributed by atoms with Crippen LogP contribution in [0.25, 0.3) is 4.85 Å². The molecule has 0 aromatic carbocycles. The zero-order valence-electron chi connectivity index (χ0n) is 7.42. The van der Waals surface area contributed by atoms with E-state index in [1.54, 1.807) is 0 Å². The fourth-order valence-electron chi connectivity index (χ4n) is 1.82. The van der Waals surface area contributed by atoms with E-state index >= 15 is 0 Å². The van der Waals surface area contributed by atoms with Crippen LogP contribution < -0.4 is 0 Å². The van der Waals surface area contributed by atoms with Crippen LogP contribution in [0.2, 0.25) is 0 Å². The largest absolute Gasteiger partial charge is 0.314 e. The number of hydrogen-bond acceptors (Lipinski definition) is 1. The van der Waals surface area contributed by atoms with Gasteiger partial charge in [-0.05, 0) is 12.2 Å². The molecule has 0 N–H and O–H groups in total. The highest BCUT2D eigenvalue weighted by atomic mass is 32.2. The van der Waals surface area contributed by atoms with Gasteiger partial charge in [0.25, 0.3) is 0 Å². The average molecular weight is 169 g/mol. The highest BCUT2D eigenvalue weighted by Gasteiger charge is 2.41. The van der Waals surface area contributed by atoms with Gasteiger partial charge >= 0.3 is 0 Å². The Balaban J connectivity index is 2.66. The van der Waals surface area contributed by atoms with Crippen molar-refractivity contribution < 1.29 is 0 Å². The summed E-state index contributed by atoms with van der Waals surface area (Å²) in [5.41, 5.74) is 0. The Bertz CT molecular complexity index is 180. The van der Waals surface area contributed by atoms with Gasteiger partial charge in [-0.1, -0.05) is 13.8 Å². The second-order valence-corrected chi connectivity index (χ2v) is 5.47. The maximum absolute atomic E-state index is 6.97. The summed E-state index contributed by atoms with van der Waals surface area (Å²) in [5, 5.41) is 0. The van der Waals surface area contributed by atoms with Crippen LogP contribution in [0.4, 0.5) is 0 Å². The maximum atomic E-state index is 6.97. The molecule has 2 unspecified atom stereocenters. The predicted molar refractivity (Wildman–Crippen MR) is 50.7 cm³/mol. The van der Waals surface area contributed by atoms with E-state index in [-0.39, 0.29) is 6.04 Å². The molecular weight excluding hydrogens is 154 g/mol. The molecule has 1 aliphatic heterocycles. The van der Waals surface area contributed by atoms with Gasteiger partial charge in [0.05, 0.1) is 0 Å². The van der Waals surface area contributed by atoms with E-state index in [1.165, 1.54) is 12.2 Å². The third kappa shape index (κ3) is 1.70. The second kappa shape index (κ2) is 3.06. The van der Waals surface area contributed by atoms with Crippen molar-refractivity contribution in [2.45, 2.75) is 38.0 Å². The lowest BCUT2D eigenvalue weighted by molar-refractivity contribution is 0.405. The molecule has 2 heteroatoms. The van der Waals surface area contributed by atoms with Crippen LogP contribution in [0.15, 0.2) is 0 Å². The van der Waals surface area contributed by atoms with Gasteiger partial charge in [0.1, 0.15) is 0 Å². The lowest BCUT2D eigenvalue weighted by Gasteiger charge is -2.24. The van der Waals surface area contributed by atoms with Gasteiger partial charge in [0.2, 0.25) is 6.04 Å². The standard InChI is InChI=1S/C9H15NS/c1-7(10-4)8-5-6-11-9(8,2)3/h7-8H,5-6H2,1-3H3. The van der Waals surface area contributed by atoms with Gasteiger partial charge in [-0.2, -0.15) is 11.8 Å². The number of hydrogen-bond donors (Lipinski definition) is 0. The van der Waals surface area contributed by atoms with Gasteiger partial charge in [0.15, 0.2) is 0 Å². The Morgan fingerprint density at radius 1 is 1.64 bits per heavy atom. The van der Waals surface area contributed by atoms with Crippen molar-refractivity contribution in [2.75, 3.05) is 5.75 Å². The molecule has 1 nitrogen and oxygen atoms in total. The van der Waals surface area contributed by atoms with E-state index in [4.69, 9.17) is 6.57 Å². The summed E-state index contributed by atoms with van der Waals surface area (Å²) in [6.07, 6.45) is 1.22. The highest BCUT2D eigenvalue weighted by molar-refractivity contribution is 8.00. The van der Waals surface area contributed by atoms with Crippen molar-refractivity contribution in [1.29, 1.82) is 0 Å². The van der Waals surface area contributed by atoms with Gasteiger partial charge < -0.3 is 4.85 Å². The van der Waals surface area contributed by atoms with E-state index < -0.39 is 0 Å². The molecule has 0 radical (unpaired) electrons. The molecule has 1 saturated heterocycles. The molecule has 0 aromatic rings. The monoisotopic (exact) mass is 169 g/mol. The fourth-order valence-corrected chi connectivity index (χ4v) is 3.24. The Morgan fingerprint density at radius 2 is 2.27 bits per heavy atom. The minimum absolute atomic E-state index is 0.208. The van der Waals surface area contributed by atoms with Gasteiger partial charge in [-0.15, -0.1) is 0 Å². The summed E-state index contributed by atoms with van der Waals surface area (Å²) in [5.74, 6) is 1.84. The minimum Gasteiger partial charge on any atom is -0.314 e. The Morgan fingerprint density at radius 3 is 2.64 bits per heavy atom. The highest BCUT2D eigenvalue weighted by Crippen LogP contribution is 2.44. The quantitative estimate of drug-likeness (QED) is 0.546. The lowest BCUT2D eigenvalue weighted by atomic mass is 9.87. The third-order valence-corrected chi connectivity index (χ3v) is 4.07. The van der Waals surface area contributed by atoms with Gasteiger partial charge in [0, 0.05) is 17.6 Å². The topological polar surface area (TPSA) is 4.36 Å². The van der Waals surface area contributed by atoms with Crippen LogP contribution in [-0.4, -0.2) is 16.5 Å². The van der Waals surface area contributed by atoms with E-state index in [2.05, 4.69) is 18.7 Å². The van der Waals surface area contributed by atoms with Crippen LogP contribution in [-0.2, 0) is 0 Å². The fraction of sp³-hybridized carbons (Fsp3) is 0.889. The van der Waals surface area contributed by atoms with Crippen molar-refractivity contribution in [3.8, 4) is 0 Å². The molecule has 0 aromatic heterocycles. The molecule has 0 bridgehead atoms. The van der Waals surface area contributed by atoms with Crippen molar-refractivity contribution in [1.82, 2.24) is 0 Å². The molecule has 11 heavy (non-hydrogen) atoms. The molecule has 1 aliphatic rings. The first-order valence-electron chi connectivity index (χ1n) is 4.08. The van der Waals surface area contributed by atoms with E-state index in [0.717, 1.165) is 0 Å². The molecule has 0 saturated carbocycles. The Hall–Kier alpha value is -0.160. The maximum Gasteiger partial charge on any atom is 0.225 e.